The van der Waals surface area contributed by atoms with E-state index in [0.29, 0.717) is 0 Å². The lowest BCUT2D eigenvalue weighted by molar-refractivity contribution is 0.243. The third-order valence-corrected chi connectivity index (χ3v) is 4.76. The lowest BCUT2D eigenvalue weighted by atomic mass is 10.2. The molecule has 0 aromatic carbocycles. The number of nitrogens with zero attached hydrogens (tertiary/aromatic N) is 2. The zero-order valence-electron chi connectivity index (χ0n) is 10.9. The number of aromatic nitrogens is 1. The van der Waals surface area contributed by atoms with E-state index in [9.17, 15) is 0 Å². The van der Waals surface area contributed by atoms with Crippen molar-refractivity contribution in [2.24, 2.45) is 0 Å². The number of rotatable bonds is 5. The van der Waals surface area contributed by atoms with Gasteiger partial charge in [-0.15, -0.1) is 23.7 Å². The van der Waals surface area contributed by atoms with Crippen molar-refractivity contribution in [3.8, 4) is 0 Å². The third kappa shape index (κ3) is 3.05. The van der Waals surface area contributed by atoms with Crippen molar-refractivity contribution in [2.75, 3.05) is 20.1 Å². The van der Waals surface area contributed by atoms with Gasteiger partial charge in [-0.1, -0.05) is 0 Å². The molecular weight excluding hydrogens is 266 g/mol. The van der Waals surface area contributed by atoms with Gasteiger partial charge in [-0.2, -0.15) is 0 Å². The van der Waals surface area contributed by atoms with Gasteiger partial charge < -0.3 is 5.32 Å². The highest BCUT2D eigenvalue weighted by molar-refractivity contribution is 7.09. The van der Waals surface area contributed by atoms with Crippen molar-refractivity contribution < 1.29 is 0 Å². The standard InChI is InChI=1S/C13H21N3S.ClH/c1-14-7-11-3-2-6-16(11)8-12-13(10-4-5-10)15-9-17-12;/h9-11,14H,2-8H2,1H3;1H. The van der Waals surface area contributed by atoms with Gasteiger partial charge in [0, 0.05) is 29.9 Å². The molecular formula is C13H22ClN3S. The van der Waals surface area contributed by atoms with Crippen LogP contribution >= 0.6 is 23.7 Å². The number of thiazole rings is 1. The normalized spacial score (nSPS) is 24.2. The smallest absolute Gasteiger partial charge is 0.0798 e. The van der Waals surface area contributed by atoms with Gasteiger partial charge in [0.25, 0.3) is 0 Å². The van der Waals surface area contributed by atoms with E-state index in [2.05, 4.69) is 22.2 Å². The highest BCUT2D eigenvalue weighted by atomic mass is 35.5. The van der Waals surface area contributed by atoms with Crippen LogP contribution in [0.4, 0.5) is 0 Å². The molecule has 18 heavy (non-hydrogen) atoms. The number of likely N-dealkylation sites (N-methyl/N-ethyl adjacent to an activating group) is 1. The zero-order valence-corrected chi connectivity index (χ0v) is 12.5. The summed E-state index contributed by atoms with van der Waals surface area (Å²) in [6, 6.07) is 0.731. The summed E-state index contributed by atoms with van der Waals surface area (Å²) in [5.41, 5.74) is 3.44. The van der Waals surface area contributed by atoms with E-state index in [4.69, 9.17) is 0 Å². The van der Waals surface area contributed by atoms with E-state index in [1.807, 2.05) is 16.8 Å². The molecule has 0 bridgehead atoms. The maximum atomic E-state index is 4.57. The largest absolute Gasteiger partial charge is 0.318 e. The first kappa shape index (κ1) is 14.3. The minimum atomic E-state index is 0. The number of hydrogen-bond acceptors (Lipinski definition) is 4. The second kappa shape index (κ2) is 6.33. The Hall–Kier alpha value is -0.160. The fourth-order valence-electron chi connectivity index (χ4n) is 2.84. The van der Waals surface area contributed by atoms with E-state index in [0.717, 1.165) is 25.0 Å². The van der Waals surface area contributed by atoms with Gasteiger partial charge >= 0.3 is 0 Å². The van der Waals surface area contributed by atoms with Crippen molar-refractivity contribution in [1.29, 1.82) is 0 Å². The van der Waals surface area contributed by atoms with Crippen LogP contribution in [0.3, 0.4) is 0 Å². The number of nitrogens with one attached hydrogen (secondary N) is 1. The Labute approximate surface area is 119 Å². The van der Waals surface area contributed by atoms with Gasteiger partial charge in [0.2, 0.25) is 0 Å². The molecule has 0 radical (unpaired) electrons. The van der Waals surface area contributed by atoms with Gasteiger partial charge in [-0.25, -0.2) is 4.98 Å². The first-order valence-corrected chi connectivity index (χ1v) is 7.57. The van der Waals surface area contributed by atoms with Crippen LogP contribution in [0.1, 0.15) is 42.2 Å². The topological polar surface area (TPSA) is 28.2 Å². The molecule has 3 rings (SSSR count). The average Bonchev–Trinajstić information content (AvgIpc) is 2.92. The summed E-state index contributed by atoms with van der Waals surface area (Å²) in [7, 11) is 2.05. The lowest BCUT2D eigenvalue weighted by Gasteiger charge is -2.23. The molecule has 1 atom stereocenters. The zero-order chi connectivity index (χ0) is 11.7. The lowest BCUT2D eigenvalue weighted by Crippen LogP contribution is -2.36. The molecule has 102 valence electrons. The highest BCUT2D eigenvalue weighted by Crippen LogP contribution is 2.42. The van der Waals surface area contributed by atoms with Crippen LogP contribution in [0.25, 0.3) is 0 Å². The summed E-state index contributed by atoms with van der Waals surface area (Å²) < 4.78 is 0. The van der Waals surface area contributed by atoms with Gasteiger partial charge in [0.1, 0.15) is 0 Å². The molecule has 1 saturated carbocycles. The molecule has 5 heteroatoms. The summed E-state index contributed by atoms with van der Waals surface area (Å²) in [6.07, 6.45) is 5.41. The van der Waals surface area contributed by atoms with Gasteiger partial charge in [-0.3, -0.25) is 4.90 Å². The first-order chi connectivity index (χ1) is 8.38. The molecule has 1 aliphatic carbocycles. The molecule has 1 aliphatic heterocycles. The molecule has 1 aromatic rings. The van der Waals surface area contributed by atoms with Crippen molar-refractivity contribution in [1.82, 2.24) is 15.2 Å². The molecule has 1 saturated heterocycles. The summed E-state index contributed by atoms with van der Waals surface area (Å²) in [6.45, 7) is 3.51. The molecule has 0 spiro atoms. The van der Waals surface area contributed by atoms with Crippen LogP contribution in [0, 0.1) is 0 Å². The maximum absolute atomic E-state index is 4.57. The van der Waals surface area contributed by atoms with Crippen LogP contribution < -0.4 is 5.32 Å². The van der Waals surface area contributed by atoms with Crippen LogP contribution in [-0.2, 0) is 6.54 Å². The summed E-state index contributed by atoms with van der Waals surface area (Å²) in [5, 5.41) is 3.32. The predicted octanol–water partition coefficient (Wildman–Crippen LogP) is 2.63. The van der Waals surface area contributed by atoms with E-state index >= 15 is 0 Å². The van der Waals surface area contributed by atoms with Crippen molar-refractivity contribution in [3.63, 3.8) is 0 Å². The molecule has 3 nitrogen and oxygen atoms in total. The molecule has 2 heterocycles. The van der Waals surface area contributed by atoms with Crippen LogP contribution in [-0.4, -0.2) is 36.1 Å². The van der Waals surface area contributed by atoms with Gasteiger partial charge in [0.05, 0.1) is 11.2 Å². The fourth-order valence-corrected chi connectivity index (χ4v) is 3.72. The van der Waals surface area contributed by atoms with Crippen molar-refractivity contribution >= 4 is 23.7 Å². The minimum absolute atomic E-state index is 0. The van der Waals surface area contributed by atoms with E-state index in [-0.39, 0.29) is 12.4 Å². The van der Waals surface area contributed by atoms with Crippen LogP contribution in [0.15, 0.2) is 5.51 Å². The Morgan fingerprint density at radius 2 is 2.28 bits per heavy atom. The summed E-state index contributed by atoms with van der Waals surface area (Å²) >= 11 is 1.85. The van der Waals surface area contributed by atoms with Gasteiger partial charge in [-0.05, 0) is 39.3 Å². The van der Waals surface area contributed by atoms with E-state index < -0.39 is 0 Å². The molecule has 1 aromatic heterocycles. The third-order valence-electron chi connectivity index (χ3n) is 3.92. The first-order valence-electron chi connectivity index (χ1n) is 6.69. The molecule has 0 amide bonds. The monoisotopic (exact) mass is 287 g/mol. The van der Waals surface area contributed by atoms with E-state index in [1.54, 1.807) is 0 Å². The van der Waals surface area contributed by atoms with Gasteiger partial charge in [0.15, 0.2) is 0 Å². The van der Waals surface area contributed by atoms with Crippen molar-refractivity contribution in [2.45, 2.75) is 44.2 Å². The molecule has 2 aliphatic rings. The average molecular weight is 288 g/mol. The number of hydrogen-bond donors (Lipinski definition) is 1. The second-order valence-electron chi connectivity index (χ2n) is 5.26. The molecule has 2 fully saturated rings. The Kier molecular flexibility index (Phi) is 5.01. The Bertz CT molecular complexity index is 378. The Morgan fingerprint density at radius 3 is 3.00 bits per heavy atom. The van der Waals surface area contributed by atoms with Crippen LogP contribution in [0.2, 0.25) is 0 Å². The number of likely N-dealkylation sites (tertiary alicyclic amines) is 1. The summed E-state index contributed by atoms with van der Waals surface area (Å²) in [5.74, 6) is 0.793. The quantitative estimate of drug-likeness (QED) is 0.902. The maximum Gasteiger partial charge on any atom is 0.0798 e. The van der Waals surface area contributed by atoms with Crippen molar-refractivity contribution in [3.05, 3.63) is 16.1 Å². The fraction of sp³-hybridized carbons (Fsp3) is 0.769. The molecule has 1 unspecified atom stereocenters. The van der Waals surface area contributed by atoms with E-state index in [1.165, 1.54) is 42.8 Å². The predicted molar refractivity (Wildman–Crippen MR) is 78.7 cm³/mol. The highest BCUT2D eigenvalue weighted by Gasteiger charge is 2.30. The molecule has 1 N–H and O–H groups in total. The van der Waals surface area contributed by atoms with Crippen LogP contribution in [0.5, 0.6) is 0 Å². The Balaban J connectivity index is 0.00000120. The minimum Gasteiger partial charge on any atom is -0.318 e. The summed E-state index contributed by atoms with van der Waals surface area (Å²) in [4.78, 5) is 8.73. The SMILES string of the molecule is CNCC1CCCN1Cc1scnc1C1CC1.Cl. The second-order valence-corrected chi connectivity index (χ2v) is 6.20. The number of halogens is 1. The Morgan fingerprint density at radius 1 is 1.44 bits per heavy atom.